The Balaban J connectivity index is 2.17. The Labute approximate surface area is 148 Å². The van der Waals surface area contributed by atoms with Crippen LogP contribution in [0.15, 0.2) is 18.2 Å². The second-order valence-electron chi connectivity index (χ2n) is 6.89. The summed E-state index contributed by atoms with van der Waals surface area (Å²) in [5, 5.41) is 5.52. The average molecular weight is 349 g/mol. The molecular formula is C18H27N3O4. The van der Waals surface area contributed by atoms with E-state index in [1.165, 1.54) is 14.0 Å². The molecule has 7 nitrogen and oxygen atoms in total. The van der Waals surface area contributed by atoms with Gasteiger partial charge in [-0.25, -0.2) is 0 Å². The van der Waals surface area contributed by atoms with Crippen molar-refractivity contribution in [3.8, 4) is 5.75 Å². The predicted molar refractivity (Wildman–Crippen MR) is 96.7 cm³/mol. The maximum atomic E-state index is 12.8. The monoisotopic (exact) mass is 349 g/mol. The Morgan fingerprint density at radius 2 is 2.00 bits per heavy atom. The molecule has 0 aliphatic heterocycles. The zero-order valence-electron chi connectivity index (χ0n) is 15.4. The average Bonchev–Trinajstić information content (AvgIpc) is 2.54. The Morgan fingerprint density at radius 1 is 1.32 bits per heavy atom. The van der Waals surface area contributed by atoms with Gasteiger partial charge in [0.05, 0.1) is 18.9 Å². The van der Waals surface area contributed by atoms with Crippen molar-refractivity contribution >= 4 is 23.2 Å². The molecule has 7 heteroatoms. The summed E-state index contributed by atoms with van der Waals surface area (Å²) in [4.78, 5) is 24.1. The van der Waals surface area contributed by atoms with Gasteiger partial charge in [-0.05, 0) is 25.1 Å². The molecule has 1 aliphatic carbocycles. The molecule has 2 atom stereocenters. The number of carbonyl (C=O) groups is 2. The van der Waals surface area contributed by atoms with E-state index in [-0.39, 0.29) is 17.9 Å². The lowest BCUT2D eigenvalue weighted by Gasteiger charge is -2.57. The van der Waals surface area contributed by atoms with Crippen molar-refractivity contribution in [3.63, 3.8) is 0 Å². The normalized spacial score (nSPS) is 24.2. The number of methoxy groups -OCH3 is 1. The first kappa shape index (κ1) is 19.2. The van der Waals surface area contributed by atoms with Crippen molar-refractivity contribution in [1.29, 1.82) is 0 Å². The van der Waals surface area contributed by atoms with Crippen LogP contribution in [0.1, 0.15) is 34.1 Å². The van der Waals surface area contributed by atoms with Crippen LogP contribution in [0.5, 0.6) is 5.75 Å². The summed E-state index contributed by atoms with van der Waals surface area (Å²) in [7, 11) is 1.51. The molecule has 0 heterocycles. The lowest BCUT2D eigenvalue weighted by atomic mass is 9.54. The summed E-state index contributed by atoms with van der Waals surface area (Å²) in [6.45, 7) is 7.79. The standard InChI is InChI=1S/C18H27N3O4/c1-6-25-15-10-18(19,17(15,3)4)16(23)21-12-7-8-14(24-5)13(9-12)20-11(2)22/h7-9,15H,6,10,19H2,1-5H3,(H,20,22)(H,21,23). The van der Waals surface area contributed by atoms with Crippen LogP contribution in [0.25, 0.3) is 0 Å². The van der Waals surface area contributed by atoms with E-state index in [1.807, 2.05) is 20.8 Å². The van der Waals surface area contributed by atoms with Gasteiger partial charge in [0.2, 0.25) is 11.8 Å². The number of hydrogen-bond acceptors (Lipinski definition) is 5. The van der Waals surface area contributed by atoms with Gasteiger partial charge < -0.3 is 25.8 Å². The number of anilines is 2. The highest BCUT2D eigenvalue weighted by Crippen LogP contribution is 2.50. The molecule has 1 saturated carbocycles. The van der Waals surface area contributed by atoms with Crippen molar-refractivity contribution < 1.29 is 19.1 Å². The molecule has 2 unspecified atom stereocenters. The van der Waals surface area contributed by atoms with Gasteiger partial charge in [0.1, 0.15) is 11.3 Å². The SMILES string of the molecule is CCOC1CC(N)(C(=O)Nc2ccc(OC)c(NC(C)=O)c2)C1(C)C. The quantitative estimate of drug-likeness (QED) is 0.730. The maximum Gasteiger partial charge on any atom is 0.245 e. The summed E-state index contributed by atoms with van der Waals surface area (Å²) < 4.78 is 10.9. The van der Waals surface area contributed by atoms with Crippen LogP contribution < -0.4 is 21.1 Å². The molecule has 1 fully saturated rings. The van der Waals surface area contributed by atoms with Gasteiger partial charge in [-0.1, -0.05) is 13.8 Å². The third-order valence-corrected chi connectivity index (χ3v) is 5.00. The Bertz CT molecular complexity index is 674. The summed E-state index contributed by atoms with van der Waals surface area (Å²) >= 11 is 0. The summed E-state index contributed by atoms with van der Waals surface area (Å²) in [6, 6.07) is 5.03. The van der Waals surface area contributed by atoms with Gasteiger partial charge in [0, 0.05) is 31.1 Å². The van der Waals surface area contributed by atoms with Gasteiger partial charge >= 0.3 is 0 Å². The molecule has 2 amide bonds. The summed E-state index contributed by atoms with van der Waals surface area (Å²) in [5.41, 5.74) is 5.92. The minimum Gasteiger partial charge on any atom is -0.495 e. The lowest BCUT2D eigenvalue weighted by molar-refractivity contribution is -0.166. The fraction of sp³-hybridized carbons (Fsp3) is 0.556. The summed E-state index contributed by atoms with van der Waals surface area (Å²) in [6.07, 6.45) is 0.424. The van der Waals surface area contributed by atoms with E-state index in [4.69, 9.17) is 15.2 Å². The smallest absolute Gasteiger partial charge is 0.245 e. The minimum atomic E-state index is -1.01. The summed E-state index contributed by atoms with van der Waals surface area (Å²) in [5.74, 6) is 0.0141. The third kappa shape index (κ3) is 3.48. The van der Waals surface area contributed by atoms with E-state index in [9.17, 15) is 9.59 Å². The largest absolute Gasteiger partial charge is 0.495 e. The first-order chi connectivity index (χ1) is 11.7. The highest BCUT2D eigenvalue weighted by molar-refractivity contribution is 6.00. The number of amides is 2. The first-order valence-electron chi connectivity index (χ1n) is 8.33. The second kappa shape index (κ2) is 7.01. The highest BCUT2D eigenvalue weighted by Gasteiger charge is 2.62. The molecule has 2 rings (SSSR count). The van der Waals surface area contributed by atoms with Crippen LogP contribution in [-0.2, 0) is 14.3 Å². The number of rotatable bonds is 6. The van der Waals surface area contributed by atoms with Crippen molar-refractivity contribution in [1.82, 2.24) is 0 Å². The fourth-order valence-corrected chi connectivity index (χ4v) is 3.14. The van der Waals surface area contributed by atoms with Crippen molar-refractivity contribution in [2.75, 3.05) is 24.4 Å². The first-order valence-corrected chi connectivity index (χ1v) is 8.33. The molecule has 0 aromatic heterocycles. The number of nitrogens with two attached hydrogens (primary N) is 1. The Morgan fingerprint density at radius 3 is 2.52 bits per heavy atom. The number of benzene rings is 1. The molecule has 25 heavy (non-hydrogen) atoms. The number of hydrogen-bond donors (Lipinski definition) is 3. The predicted octanol–water partition coefficient (Wildman–Crippen LogP) is 2.12. The molecule has 0 saturated heterocycles. The fourth-order valence-electron chi connectivity index (χ4n) is 3.14. The molecule has 138 valence electrons. The number of ether oxygens (including phenoxy) is 2. The van der Waals surface area contributed by atoms with Gasteiger partial charge in [-0.3, -0.25) is 9.59 Å². The van der Waals surface area contributed by atoms with Crippen LogP contribution in [0.4, 0.5) is 11.4 Å². The van der Waals surface area contributed by atoms with Crippen LogP contribution in [0.3, 0.4) is 0 Å². The van der Waals surface area contributed by atoms with Crippen LogP contribution in [0, 0.1) is 5.41 Å². The zero-order chi connectivity index (χ0) is 18.8. The van der Waals surface area contributed by atoms with E-state index in [2.05, 4.69) is 10.6 Å². The van der Waals surface area contributed by atoms with E-state index in [1.54, 1.807) is 18.2 Å². The number of nitrogens with one attached hydrogen (secondary N) is 2. The molecule has 1 aliphatic rings. The van der Waals surface area contributed by atoms with Crippen LogP contribution >= 0.6 is 0 Å². The van der Waals surface area contributed by atoms with Crippen LogP contribution in [-0.4, -0.2) is 37.2 Å². The second-order valence-corrected chi connectivity index (χ2v) is 6.89. The van der Waals surface area contributed by atoms with Gasteiger partial charge in [-0.2, -0.15) is 0 Å². The maximum absolute atomic E-state index is 12.8. The third-order valence-electron chi connectivity index (χ3n) is 5.00. The zero-order valence-corrected chi connectivity index (χ0v) is 15.4. The molecule has 0 bridgehead atoms. The molecule has 1 aromatic carbocycles. The molecule has 0 radical (unpaired) electrons. The Kier molecular flexibility index (Phi) is 5.39. The van der Waals surface area contributed by atoms with E-state index >= 15 is 0 Å². The van der Waals surface area contributed by atoms with Crippen molar-refractivity contribution in [3.05, 3.63) is 18.2 Å². The molecule has 4 N–H and O–H groups in total. The lowest BCUT2D eigenvalue weighted by Crippen LogP contribution is -2.74. The number of carbonyl (C=O) groups excluding carboxylic acids is 2. The van der Waals surface area contributed by atoms with Crippen molar-refractivity contribution in [2.45, 2.75) is 45.8 Å². The molecule has 0 spiro atoms. The van der Waals surface area contributed by atoms with Crippen LogP contribution in [0.2, 0.25) is 0 Å². The molecular weight excluding hydrogens is 322 g/mol. The van der Waals surface area contributed by atoms with Crippen molar-refractivity contribution in [2.24, 2.45) is 11.1 Å². The molecule has 1 aromatic rings. The van der Waals surface area contributed by atoms with E-state index in [0.717, 1.165) is 0 Å². The van der Waals surface area contributed by atoms with Gasteiger partial charge in [0.25, 0.3) is 0 Å². The van der Waals surface area contributed by atoms with Gasteiger partial charge in [0.15, 0.2) is 0 Å². The topological polar surface area (TPSA) is 103 Å². The van der Waals surface area contributed by atoms with E-state index < -0.39 is 11.0 Å². The van der Waals surface area contributed by atoms with Gasteiger partial charge in [-0.15, -0.1) is 0 Å². The Hall–Kier alpha value is -2.12. The highest BCUT2D eigenvalue weighted by atomic mass is 16.5. The minimum absolute atomic E-state index is 0.0425. The van der Waals surface area contributed by atoms with E-state index in [0.29, 0.717) is 30.2 Å².